The lowest BCUT2D eigenvalue weighted by molar-refractivity contribution is 0.445. The Morgan fingerprint density at radius 1 is 0.466 bits per heavy atom. The van der Waals surface area contributed by atoms with Crippen LogP contribution in [-0.4, -0.2) is 0 Å². The van der Waals surface area contributed by atoms with Crippen molar-refractivity contribution < 1.29 is 0 Å². The molecule has 1 aliphatic carbocycles. The third-order valence-corrected chi connectivity index (χ3v) is 13.6. The lowest BCUT2D eigenvalue weighted by atomic mass is 9.80. The van der Waals surface area contributed by atoms with Gasteiger partial charge in [-0.15, -0.1) is 11.3 Å². The predicted octanol–water partition coefficient (Wildman–Crippen LogP) is 17.0. The van der Waals surface area contributed by atoms with Gasteiger partial charge in [-0.05, 0) is 93.1 Å². The SMILES string of the molecule is CC(C)(C)c1ccc(-c2ccccc2)c(N(c2ccccc2-c2cccc3cccc(C4CCCCC4)c23)c2ccccc2-c2cccc3sc4ccccc4c23)c1. The van der Waals surface area contributed by atoms with E-state index in [1.807, 2.05) is 11.3 Å². The summed E-state index contributed by atoms with van der Waals surface area (Å²) >= 11 is 1.88. The molecule has 1 fully saturated rings. The molecule has 1 nitrogen and oxygen atoms in total. The van der Waals surface area contributed by atoms with Gasteiger partial charge in [-0.25, -0.2) is 0 Å². The van der Waals surface area contributed by atoms with Gasteiger partial charge in [-0.1, -0.05) is 186 Å². The summed E-state index contributed by atoms with van der Waals surface area (Å²) in [5.41, 5.74) is 13.7. The van der Waals surface area contributed by atoms with Crippen molar-refractivity contribution in [2.75, 3.05) is 4.90 Å². The van der Waals surface area contributed by atoms with Crippen LogP contribution in [0.4, 0.5) is 17.1 Å². The topological polar surface area (TPSA) is 3.24 Å². The van der Waals surface area contributed by atoms with Gasteiger partial charge in [0.25, 0.3) is 0 Å². The minimum Gasteiger partial charge on any atom is -0.309 e. The molecule has 0 amide bonds. The maximum Gasteiger partial charge on any atom is 0.0543 e. The molecule has 0 unspecified atom stereocenters. The van der Waals surface area contributed by atoms with Crippen molar-refractivity contribution in [2.24, 2.45) is 0 Å². The van der Waals surface area contributed by atoms with Crippen LogP contribution in [0.15, 0.2) is 176 Å². The molecule has 0 N–H and O–H groups in total. The molecule has 0 atom stereocenters. The van der Waals surface area contributed by atoms with Crippen molar-refractivity contribution in [2.45, 2.75) is 64.2 Å². The number of fused-ring (bicyclic) bond motifs is 4. The fourth-order valence-corrected chi connectivity index (χ4v) is 10.7. The zero-order chi connectivity index (χ0) is 39.2. The second-order valence-corrected chi connectivity index (χ2v) is 18.2. The van der Waals surface area contributed by atoms with E-state index in [9.17, 15) is 0 Å². The van der Waals surface area contributed by atoms with E-state index in [1.54, 1.807) is 0 Å². The van der Waals surface area contributed by atoms with E-state index in [2.05, 4.69) is 202 Å². The van der Waals surface area contributed by atoms with E-state index in [-0.39, 0.29) is 5.41 Å². The maximum atomic E-state index is 2.59. The number of nitrogens with zero attached hydrogens (tertiary/aromatic N) is 1. The van der Waals surface area contributed by atoms with E-state index in [4.69, 9.17) is 0 Å². The highest BCUT2D eigenvalue weighted by molar-refractivity contribution is 7.25. The molecule has 8 aromatic carbocycles. The van der Waals surface area contributed by atoms with Crippen LogP contribution in [0.1, 0.15) is 69.9 Å². The zero-order valence-electron chi connectivity index (χ0n) is 33.7. The maximum absolute atomic E-state index is 2.59. The van der Waals surface area contributed by atoms with Gasteiger partial charge in [0, 0.05) is 36.9 Å². The number of hydrogen-bond donors (Lipinski definition) is 0. The predicted molar refractivity (Wildman–Crippen MR) is 252 cm³/mol. The third kappa shape index (κ3) is 6.50. The van der Waals surface area contributed by atoms with Crippen LogP contribution in [0, 0.1) is 0 Å². The Bertz CT molecular complexity index is 2920. The molecule has 1 aliphatic rings. The lowest BCUT2D eigenvalue weighted by Crippen LogP contribution is -2.17. The second-order valence-electron chi connectivity index (χ2n) is 17.1. The Labute approximate surface area is 347 Å². The molecule has 0 radical (unpaired) electrons. The number of rotatable bonds is 7. The molecule has 1 heterocycles. The summed E-state index contributed by atoms with van der Waals surface area (Å²) < 4.78 is 2.63. The first-order valence-corrected chi connectivity index (χ1v) is 21.9. The van der Waals surface area contributed by atoms with E-state index in [0.29, 0.717) is 5.92 Å². The highest BCUT2D eigenvalue weighted by Gasteiger charge is 2.27. The van der Waals surface area contributed by atoms with Gasteiger partial charge in [0.2, 0.25) is 0 Å². The van der Waals surface area contributed by atoms with Crippen LogP contribution in [-0.2, 0) is 5.41 Å². The van der Waals surface area contributed by atoms with Crippen LogP contribution in [0.25, 0.3) is 64.3 Å². The summed E-state index contributed by atoms with van der Waals surface area (Å²) in [6.07, 6.45) is 6.48. The summed E-state index contributed by atoms with van der Waals surface area (Å²) in [4.78, 5) is 2.59. The number of benzene rings is 8. The molecule has 9 aromatic rings. The molecular formula is C56H49NS. The van der Waals surface area contributed by atoms with Gasteiger partial charge in [-0.3, -0.25) is 0 Å². The number of thiophene rings is 1. The summed E-state index contributed by atoms with van der Waals surface area (Å²) in [5.74, 6) is 0.580. The summed E-state index contributed by atoms with van der Waals surface area (Å²) in [7, 11) is 0. The molecule has 0 spiro atoms. The summed E-state index contributed by atoms with van der Waals surface area (Å²) in [6, 6.07) is 66.1. The van der Waals surface area contributed by atoms with E-state index < -0.39 is 0 Å². The molecule has 10 rings (SSSR count). The van der Waals surface area contributed by atoms with Gasteiger partial charge in [-0.2, -0.15) is 0 Å². The van der Waals surface area contributed by atoms with Crippen LogP contribution in [0.5, 0.6) is 0 Å². The first-order chi connectivity index (χ1) is 28.4. The largest absolute Gasteiger partial charge is 0.309 e. The zero-order valence-corrected chi connectivity index (χ0v) is 34.5. The van der Waals surface area contributed by atoms with E-state index >= 15 is 0 Å². The summed E-state index contributed by atoms with van der Waals surface area (Å²) in [5, 5.41) is 5.35. The van der Waals surface area contributed by atoms with Crippen LogP contribution >= 0.6 is 11.3 Å². The van der Waals surface area contributed by atoms with Crippen molar-refractivity contribution in [1.29, 1.82) is 0 Å². The molecule has 58 heavy (non-hydrogen) atoms. The standard InChI is InChI=1S/C56H49NS/c1-56(2,3)41-35-36-42(38-19-6-4-7-20-38)51(37-41)57(50-32-14-11-26-45(50)47-30-18-34-53-55(47)48-27-12-15-33-52(48)58-53)49-31-13-10-25-44(49)46-29-17-24-40-23-16-28-43(54(40)46)39-21-8-5-9-22-39/h4,6-7,10-20,23-37,39H,5,8-9,21-22H2,1-3H3. The Kier molecular flexibility index (Phi) is 9.46. The minimum atomic E-state index is -0.0552. The molecular weight excluding hydrogens is 719 g/mol. The number of para-hydroxylation sites is 2. The quantitative estimate of drug-likeness (QED) is 0.156. The first-order valence-electron chi connectivity index (χ1n) is 21.0. The lowest BCUT2D eigenvalue weighted by Gasteiger charge is -2.33. The molecule has 0 aliphatic heterocycles. The fraction of sp³-hybridized carbons (Fsp3) is 0.179. The van der Waals surface area contributed by atoms with Crippen LogP contribution < -0.4 is 4.90 Å². The highest BCUT2D eigenvalue weighted by atomic mass is 32.1. The van der Waals surface area contributed by atoms with Gasteiger partial charge in [0.1, 0.15) is 0 Å². The normalized spacial score (nSPS) is 13.7. The number of hydrogen-bond acceptors (Lipinski definition) is 2. The smallest absolute Gasteiger partial charge is 0.0543 e. The minimum absolute atomic E-state index is 0.0552. The molecule has 1 aromatic heterocycles. The molecule has 1 saturated carbocycles. The van der Waals surface area contributed by atoms with Crippen molar-refractivity contribution in [3.63, 3.8) is 0 Å². The number of anilines is 3. The van der Waals surface area contributed by atoms with Crippen molar-refractivity contribution in [1.82, 2.24) is 0 Å². The first kappa shape index (κ1) is 36.4. The molecule has 284 valence electrons. The Morgan fingerprint density at radius 3 is 1.78 bits per heavy atom. The molecule has 2 heteroatoms. The molecule has 0 saturated heterocycles. The monoisotopic (exact) mass is 767 g/mol. The average molecular weight is 768 g/mol. The van der Waals surface area contributed by atoms with Gasteiger partial charge >= 0.3 is 0 Å². The van der Waals surface area contributed by atoms with Gasteiger partial charge in [0.15, 0.2) is 0 Å². The third-order valence-electron chi connectivity index (χ3n) is 12.4. The van der Waals surface area contributed by atoms with Crippen molar-refractivity contribution in [3.05, 3.63) is 187 Å². The fourth-order valence-electron chi connectivity index (χ4n) is 9.57. The van der Waals surface area contributed by atoms with Gasteiger partial charge in [0.05, 0.1) is 17.1 Å². The van der Waals surface area contributed by atoms with E-state index in [1.165, 1.54) is 119 Å². The second kappa shape index (κ2) is 15.1. The van der Waals surface area contributed by atoms with Crippen LogP contribution in [0.2, 0.25) is 0 Å². The highest BCUT2D eigenvalue weighted by Crippen LogP contribution is 2.51. The molecule has 0 bridgehead atoms. The van der Waals surface area contributed by atoms with Crippen molar-refractivity contribution in [3.8, 4) is 33.4 Å². The van der Waals surface area contributed by atoms with Crippen molar-refractivity contribution >= 4 is 59.3 Å². The van der Waals surface area contributed by atoms with Crippen LogP contribution in [0.3, 0.4) is 0 Å². The Morgan fingerprint density at radius 2 is 1.05 bits per heavy atom. The van der Waals surface area contributed by atoms with E-state index in [0.717, 1.165) is 5.69 Å². The Hall–Kier alpha value is -5.96. The Balaban J connectivity index is 1.30. The summed E-state index contributed by atoms with van der Waals surface area (Å²) in [6.45, 7) is 6.98. The average Bonchev–Trinajstić information content (AvgIpc) is 3.66. The van der Waals surface area contributed by atoms with Gasteiger partial charge < -0.3 is 4.90 Å².